The van der Waals surface area contributed by atoms with Crippen LogP contribution in [0.4, 0.5) is 5.69 Å². The summed E-state index contributed by atoms with van der Waals surface area (Å²) < 4.78 is 0. The molecule has 0 bridgehead atoms. The van der Waals surface area contributed by atoms with Crippen LogP contribution in [-0.2, 0) is 13.0 Å². The minimum Gasteiger partial charge on any atom is -0.395 e. The quantitative estimate of drug-likeness (QED) is 0.575. The van der Waals surface area contributed by atoms with E-state index >= 15 is 0 Å². The zero-order valence-corrected chi connectivity index (χ0v) is 15.1. The van der Waals surface area contributed by atoms with Crippen molar-refractivity contribution in [1.29, 1.82) is 0 Å². The Balaban J connectivity index is 1.53. The molecule has 1 unspecified atom stereocenters. The van der Waals surface area contributed by atoms with E-state index < -0.39 is 0 Å². The predicted molar refractivity (Wildman–Crippen MR) is 109 cm³/mol. The Hall–Kier alpha value is -2.95. The van der Waals surface area contributed by atoms with Gasteiger partial charge in [-0.15, -0.1) is 0 Å². The van der Waals surface area contributed by atoms with Crippen LogP contribution in [0.1, 0.15) is 21.5 Å². The van der Waals surface area contributed by atoms with Crippen LogP contribution in [0.2, 0.25) is 0 Å². The second kappa shape index (κ2) is 9.67. The molecule has 4 nitrogen and oxygen atoms in total. The SMILES string of the molecule is O=C(Nc1ccc(CC(CO)NCc2ccccc2)cc1)c1ccccc1. The van der Waals surface area contributed by atoms with Crippen LogP contribution in [0.5, 0.6) is 0 Å². The Morgan fingerprint density at radius 2 is 1.44 bits per heavy atom. The van der Waals surface area contributed by atoms with E-state index in [9.17, 15) is 9.90 Å². The first-order valence-electron chi connectivity index (χ1n) is 9.08. The van der Waals surface area contributed by atoms with E-state index in [1.165, 1.54) is 5.56 Å². The lowest BCUT2D eigenvalue weighted by atomic mass is 10.1. The smallest absolute Gasteiger partial charge is 0.255 e. The highest BCUT2D eigenvalue weighted by atomic mass is 16.3. The molecule has 1 atom stereocenters. The highest BCUT2D eigenvalue weighted by Gasteiger charge is 2.09. The van der Waals surface area contributed by atoms with Gasteiger partial charge >= 0.3 is 0 Å². The van der Waals surface area contributed by atoms with Crippen LogP contribution in [0, 0.1) is 0 Å². The van der Waals surface area contributed by atoms with Gasteiger partial charge in [-0.05, 0) is 41.8 Å². The Kier molecular flexibility index (Phi) is 6.74. The second-order valence-electron chi connectivity index (χ2n) is 6.47. The van der Waals surface area contributed by atoms with Crippen LogP contribution in [0.3, 0.4) is 0 Å². The molecule has 4 heteroatoms. The number of anilines is 1. The van der Waals surface area contributed by atoms with Crippen LogP contribution < -0.4 is 10.6 Å². The predicted octanol–water partition coefficient (Wildman–Crippen LogP) is 3.63. The standard InChI is InChI=1S/C23H24N2O2/c26-17-22(24-16-19-7-3-1-4-8-19)15-18-11-13-21(14-12-18)25-23(27)20-9-5-2-6-10-20/h1-14,22,24,26H,15-17H2,(H,25,27). The molecule has 3 N–H and O–H groups in total. The zero-order valence-electron chi connectivity index (χ0n) is 15.1. The molecule has 0 aromatic heterocycles. The number of benzene rings is 3. The molecule has 0 heterocycles. The molecule has 138 valence electrons. The van der Waals surface area contributed by atoms with Gasteiger partial charge in [-0.3, -0.25) is 4.79 Å². The Morgan fingerprint density at radius 3 is 2.07 bits per heavy atom. The molecule has 0 aliphatic heterocycles. The average Bonchev–Trinajstić information content (AvgIpc) is 2.73. The summed E-state index contributed by atoms with van der Waals surface area (Å²) in [5.41, 5.74) is 3.68. The van der Waals surface area contributed by atoms with Crippen molar-refractivity contribution in [2.75, 3.05) is 11.9 Å². The average molecular weight is 360 g/mol. The third kappa shape index (κ3) is 5.78. The van der Waals surface area contributed by atoms with Gasteiger partial charge in [-0.2, -0.15) is 0 Å². The maximum absolute atomic E-state index is 12.2. The lowest BCUT2D eigenvalue weighted by Crippen LogP contribution is -2.34. The summed E-state index contributed by atoms with van der Waals surface area (Å²) in [5.74, 6) is -0.124. The van der Waals surface area contributed by atoms with Gasteiger partial charge in [0.1, 0.15) is 0 Å². The number of amides is 1. The number of nitrogens with one attached hydrogen (secondary N) is 2. The molecule has 3 aromatic rings. The molecule has 0 radical (unpaired) electrons. The van der Waals surface area contributed by atoms with Crippen LogP contribution in [0.15, 0.2) is 84.9 Å². The fourth-order valence-electron chi connectivity index (χ4n) is 2.86. The van der Waals surface area contributed by atoms with E-state index in [-0.39, 0.29) is 18.6 Å². The molecule has 3 rings (SSSR count). The molecule has 0 fully saturated rings. The summed E-state index contributed by atoms with van der Waals surface area (Å²) in [6.07, 6.45) is 0.718. The van der Waals surface area contributed by atoms with Gasteiger partial charge in [0.15, 0.2) is 0 Å². The molecule has 27 heavy (non-hydrogen) atoms. The van der Waals surface area contributed by atoms with Crippen LogP contribution >= 0.6 is 0 Å². The van der Waals surface area contributed by atoms with Gasteiger partial charge in [-0.25, -0.2) is 0 Å². The van der Waals surface area contributed by atoms with Crippen molar-refractivity contribution in [3.05, 3.63) is 102 Å². The van der Waals surface area contributed by atoms with Gasteiger partial charge in [0.05, 0.1) is 6.61 Å². The van der Waals surface area contributed by atoms with Gasteiger partial charge in [0.2, 0.25) is 0 Å². The Bertz CT molecular complexity index is 833. The van der Waals surface area contributed by atoms with E-state index in [0.717, 1.165) is 24.2 Å². The number of carbonyl (C=O) groups is 1. The third-order valence-corrected chi connectivity index (χ3v) is 4.39. The third-order valence-electron chi connectivity index (χ3n) is 4.39. The van der Waals surface area contributed by atoms with Crippen molar-refractivity contribution in [1.82, 2.24) is 5.32 Å². The topological polar surface area (TPSA) is 61.4 Å². The second-order valence-corrected chi connectivity index (χ2v) is 6.47. The number of rotatable bonds is 8. The molecule has 0 spiro atoms. The first kappa shape index (κ1) is 18.8. The molecular formula is C23H24N2O2. The molecule has 3 aromatic carbocycles. The first-order valence-corrected chi connectivity index (χ1v) is 9.08. The van der Waals surface area contributed by atoms with E-state index in [1.807, 2.05) is 60.7 Å². The Labute approximate surface area is 159 Å². The van der Waals surface area contributed by atoms with E-state index in [2.05, 4.69) is 22.8 Å². The lowest BCUT2D eigenvalue weighted by molar-refractivity contribution is 0.102. The molecule has 0 saturated heterocycles. The highest BCUT2D eigenvalue weighted by molar-refractivity contribution is 6.04. The normalized spacial score (nSPS) is 11.7. The fourth-order valence-corrected chi connectivity index (χ4v) is 2.86. The number of carbonyl (C=O) groups excluding carboxylic acids is 1. The molecule has 0 aliphatic rings. The van der Waals surface area contributed by atoms with Crippen molar-refractivity contribution >= 4 is 11.6 Å². The first-order chi connectivity index (χ1) is 13.2. The molecular weight excluding hydrogens is 336 g/mol. The van der Waals surface area contributed by atoms with E-state index in [1.54, 1.807) is 12.1 Å². The maximum Gasteiger partial charge on any atom is 0.255 e. The van der Waals surface area contributed by atoms with Gasteiger partial charge in [-0.1, -0.05) is 60.7 Å². The lowest BCUT2D eigenvalue weighted by Gasteiger charge is -2.17. The van der Waals surface area contributed by atoms with Crippen LogP contribution in [0.25, 0.3) is 0 Å². The Morgan fingerprint density at radius 1 is 0.815 bits per heavy atom. The van der Waals surface area contributed by atoms with Crippen molar-refractivity contribution in [3.8, 4) is 0 Å². The number of hydrogen-bond acceptors (Lipinski definition) is 3. The summed E-state index contributed by atoms with van der Waals surface area (Å²) in [6.45, 7) is 0.788. The van der Waals surface area contributed by atoms with Crippen molar-refractivity contribution in [3.63, 3.8) is 0 Å². The number of hydrogen-bond donors (Lipinski definition) is 3. The molecule has 0 aliphatic carbocycles. The van der Waals surface area contributed by atoms with Crippen molar-refractivity contribution in [2.45, 2.75) is 19.0 Å². The molecule has 0 saturated carbocycles. The van der Waals surface area contributed by atoms with Gasteiger partial charge in [0.25, 0.3) is 5.91 Å². The van der Waals surface area contributed by atoms with E-state index in [0.29, 0.717) is 5.56 Å². The summed E-state index contributed by atoms with van der Waals surface area (Å²) in [5, 5.41) is 15.9. The van der Waals surface area contributed by atoms with Gasteiger partial charge < -0.3 is 15.7 Å². The van der Waals surface area contributed by atoms with E-state index in [4.69, 9.17) is 0 Å². The highest BCUT2D eigenvalue weighted by Crippen LogP contribution is 2.13. The summed E-state index contributed by atoms with van der Waals surface area (Å²) in [6, 6.07) is 27.0. The largest absolute Gasteiger partial charge is 0.395 e. The van der Waals surface area contributed by atoms with Crippen molar-refractivity contribution < 1.29 is 9.90 Å². The maximum atomic E-state index is 12.2. The van der Waals surface area contributed by atoms with Crippen LogP contribution in [-0.4, -0.2) is 23.7 Å². The fraction of sp³-hybridized carbons (Fsp3) is 0.174. The monoisotopic (exact) mass is 360 g/mol. The van der Waals surface area contributed by atoms with Gasteiger partial charge in [0, 0.05) is 23.8 Å². The number of aliphatic hydroxyl groups excluding tert-OH is 1. The summed E-state index contributed by atoms with van der Waals surface area (Å²) in [7, 11) is 0. The molecule has 1 amide bonds. The number of aliphatic hydroxyl groups is 1. The zero-order chi connectivity index (χ0) is 18.9. The minimum absolute atomic E-state index is 0.0185. The summed E-state index contributed by atoms with van der Waals surface area (Å²) in [4.78, 5) is 12.2. The van der Waals surface area contributed by atoms with Crippen molar-refractivity contribution in [2.24, 2.45) is 0 Å². The minimum atomic E-state index is -0.124. The summed E-state index contributed by atoms with van der Waals surface area (Å²) >= 11 is 0.